The quantitative estimate of drug-likeness (QED) is 0.662. The normalized spacial score (nSPS) is 23.7. The van der Waals surface area contributed by atoms with Gasteiger partial charge in [-0.1, -0.05) is 29.8 Å². The first-order valence-electron chi connectivity index (χ1n) is 8.73. The van der Waals surface area contributed by atoms with E-state index in [4.69, 9.17) is 16.3 Å². The minimum atomic E-state index is -0.458. The van der Waals surface area contributed by atoms with Crippen LogP contribution in [0.2, 0.25) is 5.02 Å². The molecular formula is C20H26ClNO2. The van der Waals surface area contributed by atoms with Gasteiger partial charge in [0.2, 0.25) is 0 Å². The van der Waals surface area contributed by atoms with E-state index in [2.05, 4.69) is 18.2 Å². The maximum absolute atomic E-state index is 12.6. The summed E-state index contributed by atoms with van der Waals surface area (Å²) in [7, 11) is 0. The lowest BCUT2D eigenvalue weighted by molar-refractivity contribution is 0.0000861. The maximum Gasteiger partial charge on any atom is 0.411 e. The molecule has 0 saturated carbocycles. The van der Waals surface area contributed by atoms with E-state index in [0.717, 1.165) is 36.3 Å². The number of piperidine rings is 1. The summed E-state index contributed by atoms with van der Waals surface area (Å²) in [6.45, 7) is 7.76. The van der Waals surface area contributed by atoms with Crippen LogP contribution in [0, 0.1) is 6.92 Å². The fourth-order valence-corrected chi connectivity index (χ4v) is 3.82. The number of rotatable bonds is 1. The van der Waals surface area contributed by atoms with Gasteiger partial charge in [-0.2, -0.15) is 0 Å². The third kappa shape index (κ3) is 3.61. The van der Waals surface area contributed by atoms with Gasteiger partial charge in [0.15, 0.2) is 0 Å². The molecule has 3 rings (SSSR count). The molecule has 24 heavy (non-hydrogen) atoms. The van der Waals surface area contributed by atoms with Crippen molar-refractivity contribution < 1.29 is 9.53 Å². The standard InChI is InChI=1S/C20H26ClNO2/c1-13-8-9-14(12-18(13)21)15-10-16-6-5-7-17(11-15)22(16)19(23)24-20(2,3)4/h8-10,12,16-17H,5-7,11H2,1-4H3. The summed E-state index contributed by atoms with van der Waals surface area (Å²) in [6.07, 6.45) is 6.11. The van der Waals surface area contributed by atoms with Crippen molar-refractivity contribution in [2.24, 2.45) is 0 Å². The molecule has 0 N–H and O–H groups in total. The van der Waals surface area contributed by atoms with E-state index in [1.807, 2.05) is 38.7 Å². The van der Waals surface area contributed by atoms with Crippen molar-refractivity contribution >= 4 is 23.3 Å². The van der Waals surface area contributed by atoms with Gasteiger partial charge in [0.1, 0.15) is 5.60 Å². The van der Waals surface area contributed by atoms with Crippen LogP contribution in [0.1, 0.15) is 57.6 Å². The van der Waals surface area contributed by atoms with Gasteiger partial charge in [0.05, 0.1) is 6.04 Å². The Bertz CT molecular complexity index is 675. The highest BCUT2D eigenvalue weighted by molar-refractivity contribution is 6.31. The summed E-state index contributed by atoms with van der Waals surface area (Å²) in [4.78, 5) is 14.6. The van der Waals surface area contributed by atoms with Gasteiger partial charge in [-0.3, -0.25) is 4.90 Å². The van der Waals surface area contributed by atoms with Crippen LogP contribution >= 0.6 is 11.6 Å². The predicted molar refractivity (Wildman–Crippen MR) is 98.3 cm³/mol. The molecule has 4 heteroatoms. The smallest absolute Gasteiger partial charge is 0.411 e. The molecule has 1 aromatic carbocycles. The number of aryl methyl sites for hydroxylation is 1. The van der Waals surface area contributed by atoms with Gasteiger partial charge in [-0.25, -0.2) is 4.79 Å². The van der Waals surface area contributed by atoms with E-state index in [1.165, 1.54) is 11.1 Å². The fraction of sp³-hybridized carbons (Fsp3) is 0.550. The molecule has 3 nitrogen and oxygen atoms in total. The van der Waals surface area contributed by atoms with Gasteiger partial charge in [-0.05, 0) is 76.1 Å². The van der Waals surface area contributed by atoms with Crippen molar-refractivity contribution in [3.8, 4) is 0 Å². The Hall–Kier alpha value is -1.48. The molecule has 1 aromatic rings. The van der Waals surface area contributed by atoms with E-state index in [9.17, 15) is 4.79 Å². The van der Waals surface area contributed by atoms with Gasteiger partial charge in [-0.15, -0.1) is 0 Å². The predicted octanol–water partition coefficient (Wildman–Crippen LogP) is 5.59. The van der Waals surface area contributed by atoms with Crippen LogP contribution in [0.25, 0.3) is 5.57 Å². The number of carbonyl (C=O) groups is 1. The molecule has 2 heterocycles. The molecular weight excluding hydrogens is 322 g/mol. The zero-order valence-electron chi connectivity index (χ0n) is 14.9. The van der Waals surface area contributed by atoms with Crippen LogP contribution in [0.4, 0.5) is 4.79 Å². The number of hydrogen-bond acceptors (Lipinski definition) is 2. The Labute approximate surface area is 149 Å². The molecule has 1 amide bonds. The summed E-state index contributed by atoms with van der Waals surface area (Å²) in [5.74, 6) is 0. The van der Waals surface area contributed by atoms with Crippen molar-refractivity contribution in [2.45, 2.75) is 71.1 Å². The van der Waals surface area contributed by atoms with Crippen molar-refractivity contribution in [2.75, 3.05) is 0 Å². The molecule has 2 aliphatic rings. The van der Waals surface area contributed by atoms with Gasteiger partial charge < -0.3 is 4.74 Å². The third-order valence-electron chi connectivity index (χ3n) is 4.78. The number of benzene rings is 1. The number of nitrogens with zero attached hydrogens (tertiary/aromatic N) is 1. The second-order valence-corrected chi connectivity index (χ2v) is 8.31. The lowest BCUT2D eigenvalue weighted by Gasteiger charge is -2.45. The first kappa shape index (κ1) is 17.3. The average Bonchev–Trinajstić information content (AvgIpc) is 2.47. The van der Waals surface area contributed by atoms with E-state index in [1.54, 1.807) is 0 Å². The third-order valence-corrected chi connectivity index (χ3v) is 5.19. The zero-order valence-corrected chi connectivity index (χ0v) is 15.7. The van der Waals surface area contributed by atoms with Crippen LogP contribution in [0.15, 0.2) is 24.3 Å². The van der Waals surface area contributed by atoms with E-state index in [-0.39, 0.29) is 18.2 Å². The summed E-state index contributed by atoms with van der Waals surface area (Å²) < 4.78 is 5.63. The number of hydrogen-bond donors (Lipinski definition) is 0. The Morgan fingerprint density at radius 2 is 2.04 bits per heavy atom. The number of ether oxygens (including phenoxy) is 1. The zero-order chi connectivity index (χ0) is 17.5. The molecule has 1 saturated heterocycles. The van der Waals surface area contributed by atoms with Crippen LogP contribution in [0.5, 0.6) is 0 Å². The molecule has 2 atom stereocenters. The lowest BCUT2D eigenvalue weighted by atomic mass is 9.83. The van der Waals surface area contributed by atoms with Gasteiger partial charge >= 0.3 is 6.09 Å². The molecule has 2 bridgehead atoms. The van der Waals surface area contributed by atoms with Crippen molar-refractivity contribution in [3.63, 3.8) is 0 Å². The van der Waals surface area contributed by atoms with Crippen molar-refractivity contribution in [3.05, 3.63) is 40.4 Å². The second kappa shape index (κ2) is 6.44. The molecule has 2 aliphatic heterocycles. The van der Waals surface area contributed by atoms with Crippen LogP contribution in [-0.2, 0) is 4.74 Å². The highest BCUT2D eigenvalue weighted by atomic mass is 35.5. The Kier molecular flexibility index (Phi) is 4.65. The first-order chi connectivity index (χ1) is 11.2. The second-order valence-electron chi connectivity index (χ2n) is 7.90. The van der Waals surface area contributed by atoms with Gasteiger partial charge in [0, 0.05) is 11.1 Å². The number of halogens is 1. The monoisotopic (exact) mass is 347 g/mol. The summed E-state index contributed by atoms with van der Waals surface area (Å²) >= 11 is 6.29. The number of amides is 1. The maximum atomic E-state index is 12.6. The lowest BCUT2D eigenvalue weighted by Crippen LogP contribution is -2.53. The molecule has 0 radical (unpaired) electrons. The Morgan fingerprint density at radius 1 is 1.29 bits per heavy atom. The van der Waals surface area contributed by atoms with Crippen molar-refractivity contribution in [1.29, 1.82) is 0 Å². The van der Waals surface area contributed by atoms with E-state index in [0.29, 0.717) is 0 Å². The Balaban J connectivity index is 1.87. The SMILES string of the molecule is Cc1ccc(C2=CC3CCCC(C2)N3C(=O)OC(C)(C)C)cc1Cl. The topological polar surface area (TPSA) is 29.5 Å². The largest absolute Gasteiger partial charge is 0.444 e. The minimum absolute atomic E-state index is 0.127. The molecule has 0 aromatic heterocycles. The van der Waals surface area contributed by atoms with E-state index < -0.39 is 5.60 Å². The molecule has 130 valence electrons. The molecule has 0 aliphatic carbocycles. The molecule has 2 unspecified atom stereocenters. The number of fused-ring (bicyclic) bond motifs is 2. The highest BCUT2D eigenvalue weighted by Gasteiger charge is 2.39. The van der Waals surface area contributed by atoms with Crippen LogP contribution < -0.4 is 0 Å². The molecule has 1 fully saturated rings. The highest BCUT2D eigenvalue weighted by Crippen LogP contribution is 2.38. The van der Waals surface area contributed by atoms with Crippen LogP contribution in [-0.4, -0.2) is 28.7 Å². The minimum Gasteiger partial charge on any atom is -0.444 e. The summed E-state index contributed by atoms with van der Waals surface area (Å²) in [6, 6.07) is 6.59. The Morgan fingerprint density at radius 3 is 2.67 bits per heavy atom. The summed E-state index contributed by atoms with van der Waals surface area (Å²) in [5, 5.41) is 0.799. The van der Waals surface area contributed by atoms with Gasteiger partial charge in [0.25, 0.3) is 0 Å². The summed E-state index contributed by atoms with van der Waals surface area (Å²) in [5.41, 5.74) is 3.10. The number of carbonyl (C=O) groups excluding carboxylic acids is 1. The van der Waals surface area contributed by atoms with E-state index >= 15 is 0 Å². The van der Waals surface area contributed by atoms with Crippen molar-refractivity contribution in [1.82, 2.24) is 4.90 Å². The first-order valence-corrected chi connectivity index (χ1v) is 9.11. The molecule has 0 spiro atoms. The fourth-order valence-electron chi connectivity index (χ4n) is 3.64. The van der Waals surface area contributed by atoms with Crippen LogP contribution in [0.3, 0.4) is 0 Å². The average molecular weight is 348 g/mol.